The first kappa shape index (κ1) is 17.4. The summed E-state index contributed by atoms with van der Waals surface area (Å²) in [5.74, 6) is 2.02. The number of amides is 3. The SMILES string of the molecule is O=C(Nc1cc(C(=O)N2CCCCC2)ccc1Cl)NC1CCSC1. The third kappa shape index (κ3) is 4.36. The van der Waals surface area contributed by atoms with E-state index in [-0.39, 0.29) is 18.0 Å². The number of anilines is 1. The number of piperidine rings is 1. The molecule has 0 spiro atoms. The van der Waals surface area contributed by atoms with Gasteiger partial charge < -0.3 is 15.5 Å². The Bertz CT molecular complexity index is 614. The van der Waals surface area contributed by atoms with Crippen LogP contribution in [0.1, 0.15) is 36.0 Å². The largest absolute Gasteiger partial charge is 0.339 e. The first-order chi connectivity index (χ1) is 11.6. The van der Waals surface area contributed by atoms with Crippen molar-refractivity contribution in [2.24, 2.45) is 0 Å². The maximum Gasteiger partial charge on any atom is 0.319 e. The van der Waals surface area contributed by atoms with E-state index in [1.54, 1.807) is 18.2 Å². The van der Waals surface area contributed by atoms with Crippen LogP contribution in [0.15, 0.2) is 18.2 Å². The van der Waals surface area contributed by atoms with Crippen molar-refractivity contribution in [1.82, 2.24) is 10.2 Å². The lowest BCUT2D eigenvalue weighted by molar-refractivity contribution is 0.0724. The van der Waals surface area contributed by atoms with E-state index < -0.39 is 0 Å². The molecule has 0 bridgehead atoms. The summed E-state index contributed by atoms with van der Waals surface area (Å²) in [6.07, 6.45) is 4.26. The van der Waals surface area contributed by atoms with Crippen LogP contribution in [0.2, 0.25) is 5.02 Å². The number of halogens is 1. The van der Waals surface area contributed by atoms with Crippen molar-refractivity contribution in [3.05, 3.63) is 28.8 Å². The zero-order valence-electron chi connectivity index (χ0n) is 13.5. The molecule has 2 saturated heterocycles. The normalized spacial score (nSPS) is 20.7. The summed E-state index contributed by atoms with van der Waals surface area (Å²) in [5, 5.41) is 6.15. The van der Waals surface area contributed by atoms with Gasteiger partial charge in [-0.15, -0.1) is 0 Å². The van der Waals surface area contributed by atoms with E-state index in [9.17, 15) is 9.59 Å². The van der Waals surface area contributed by atoms with Crippen molar-refractivity contribution in [2.45, 2.75) is 31.7 Å². The average molecular weight is 368 g/mol. The first-order valence-electron chi connectivity index (χ1n) is 8.37. The molecule has 0 aromatic heterocycles. The van der Waals surface area contributed by atoms with Crippen molar-refractivity contribution in [2.75, 3.05) is 29.9 Å². The molecule has 2 aliphatic heterocycles. The number of hydrogen-bond donors (Lipinski definition) is 2. The molecule has 1 atom stereocenters. The Labute approximate surface area is 151 Å². The highest BCUT2D eigenvalue weighted by Gasteiger charge is 2.21. The fourth-order valence-electron chi connectivity index (χ4n) is 3.03. The molecule has 2 heterocycles. The molecule has 3 rings (SSSR count). The van der Waals surface area contributed by atoms with Crippen LogP contribution in [0.4, 0.5) is 10.5 Å². The number of hydrogen-bond acceptors (Lipinski definition) is 3. The lowest BCUT2D eigenvalue weighted by Gasteiger charge is -2.27. The number of rotatable bonds is 3. The Kier molecular flexibility index (Phi) is 5.89. The molecule has 5 nitrogen and oxygen atoms in total. The molecular formula is C17H22ClN3O2S. The van der Waals surface area contributed by atoms with Gasteiger partial charge >= 0.3 is 6.03 Å². The number of carbonyl (C=O) groups excluding carboxylic acids is 2. The van der Waals surface area contributed by atoms with E-state index in [2.05, 4.69) is 10.6 Å². The van der Waals surface area contributed by atoms with E-state index in [1.807, 2.05) is 16.7 Å². The first-order valence-corrected chi connectivity index (χ1v) is 9.91. The molecule has 1 aromatic carbocycles. The highest BCUT2D eigenvalue weighted by molar-refractivity contribution is 7.99. The Balaban J connectivity index is 1.66. The Morgan fingerprint density at radius 3 is 2.71 bits per heavy atom. The summed E-state index contributed by atoms with van der Waals surface area (Å²) in [7, 11) is 0. The third-order valence-electron chi connectivity index (χ3n) is 4.37. The van der Waals surface area contributed by atoms with Crippen molar-refractivity contribution in [3.8, 4) is 0 Å². The predicted octanol–water partition coefficient (Wildman–Crippen LogP) is 3.59. The van der Waals surface area contributed by atoms with Crippen molar-refractivity contribution in [1.29, 1.82) is 0 Å². The van der Waals surface area contributed by atoms with Crippen LogP contribution in [0, 0.1) is 0 Å². The number of likely N-dealkylation sites (tertiary alicyclic amines) is 1. The summed E-state index contributed by atoms with van der Waals surface area (Å²) in [5.41, 5.74) is 1.04. The molecule has 2 N–H and O–H groups in total. The molecule has 130 valence electrons. The van der Waals surface area contributed by atoms with Crippen LogP contribution in [0.3, 0.4) is 0 Å². The molecule has 2 aliphatic rings. The maximum atomic E-state index is 12.6. The molecule has 24 heavy (non-hydrogen) atoms. The van der Waals surface area contributed by atoms with Gasteiger partial charge in [0.25, 0.3) is 5.91 Å². The topological polar surface area (TPSA) is 61.4 Å². The third-order valence-corrected chi connectivity index (χ3v) is 5.86. The van der Waals surface area contributed by atoms with Crippen LogP contribution in [0.5, 0.6) is 0 Å². The van der Waals surface area contributed by atoms with E-state index in [0.29, 0.717) is 16.3 Å². The van der Waals surface area contributed by atoms with E-state index in [0.717, 1.165) is 43.9 Å². The second-order valence-corrected chi connectivity index (χ2v) is 7.76. The molecule has 3 amide bonds. The maximum absolute atomic E-state index is 12.6. The van der Waals surface area contributed by atoms with Gasteiger partial charge in [-0.3, -0.25) is 4.79 Å². The Morgan fingerprint density at radius 1 is 1.21 bits per heavy atom. The van der Waals surface area contributed by atoms with Crippen molar-refractivity contribution >= 4 is 41.0 Å². The number of nitrogens with one attached hydrogen (secondary N) is 2. The Hall–Kier alpha value is -1.40. The van der Waals surface area contributed by atoms with Crippen LogP contribution >= 0.6 is 23.4 Å². The van der Waals surface area contributed by atoms with E-state index in [1.165, 1.54) is 6.42 Å². The molecule has 0 radical (unpaired) electrons. The molecule has 1 aromatic rings. The van der Waals surface area contributed by atoms with Gasteiger partial charge in [0.1, 0.15) is 0 Å². The summed E-state index contributed by atoms with van der Waals surface area (Å²) in [4.78, 5) is 26.6. The van der Waals surface area contributed by atoms with Crippen molar-refractivity contribution < 1.29 is 9.59 Å². The van der Waals surface area contributed by atoms with Gasteiger partial charge in [0.15, 0.2) is 0 Å². The summed E-state index contributed by atoms with van der Waals surface area (Å²) >= 11 is 8.01. The molecule has 0 saturated carbocycles. The quantitative estimate of drug-likeness (QED) is 0.858. The number of benzene rings is 1. The fourth-order valence-corrected chi connectivity index (χ4v) is 4.34. The van der Waals surface area contributed by atoms with E-state index in [4.69, 9.17) is 11.6 Å². The zero-order chi connectivity index (χ0) is 16.9. The smallest absolute Gasteiger partial charge is 0.319 e. The molecule has 2 fully saturated rings. The summed E-state index contributed by atoms with van der Waals surface area (Å²) in [6.45, 7) is 1.59. The second kappa shape index (κ2) is 8.12. The summed E-state index contributed by atoms with van der Waals surface area (Å²) < 4.78 is 0. The van der Waals surface area contributed by atoms with Crippen LogP contribution in [0.25, 0.3) is 0 Å². The van der Waals surface area contributed by atoms with Crippen LogP contribution in [-0.4, -0.2) is 47.5 Å². The highest BCUT2D eigenvalue weighted by atomic mass is 35.5. The van der Waals surface area contributed by atoms with Crippen molar-refractivity contribution in [3.63, 3.8) is 0 Å². The fraction of sp³-hybridized carbons (Fsp3) is 0.529. The minimum absolute atomic E-state index is 0.00187. The van der Waals surface area contributed by atoms with Crippen LogP contribution < -0.4 is 10.6 Å². The van der Waals surface area contributed by atoms with Gasteiger partial charge in [-0.05, 0) is 49.6 Å². The lowest BCUT2D eigenvalue weighted by atomic mass is 10.1. The molecule has 1 unspecified atom stereocenters. The van der Waals surface area contributed by atoms with Gasteiger partial charge in [0.05, 0.1) is 10.7 Å². The number of thioether (sulfide) groups is 1. The highest BCUT2D eigenvalue weighted by Crippen LogP contribution is 2.25. The van der Waals surface area contributed by atoms with Gasteiger partial charge in [-0.1, -0.05) is 11.6 Å². The number of nitrogens with zero attached hydrogens (tertiary/aromatic N) is 1. The molecule has 0 aliphatic carbocycles. The molecular weight excluding hydrogens is 346 g/mol. The lowest BCUT2D eigenvalue weighted by Crippen LogP contribution is -2.38. The van der Waals surface area contributed by atoms with E-state index >= 15 is 0 Å². The standard InChI is InChI=1S/C17H22ClN3O2S/c18-14-5-4-12(16(22)21-7-2-1-3-8-21)10-15(14)20-17(23)19-13-6-9-24-11-13/h4-5,10,13H,1-3,6-9,11H2,(H2,19,20,23). The van der Waals surface area contributed by atoms with Gasteiger partial charge in [-0.25, -0.2) is 4.79 Å². The van der Waals surface area contributed by atoms with Gasteiger partial charge in [0, 0.05) is 30.4 Å². The molecule has 7 heteroatoms. The second-order valence-electron chi connectivity index (χ2n) is 6.21. The monoisotopic (exact) mass is 367 g/mol. The van der Waals surface area contributed by atoms with Gasteiger partial charge in [-0.2, -0.15) is 11.8 Å². The van der Waals surface area contributed by atoms with Crippen LogP contribution in [-0.2, 0) is 0 Å². The zero-order valence-corrected chi connectivity index (χ0v) is 15.1. The minimum Gasteiger partial charge on any atom is -0.339 e. The Morgan fingerprint density at radius 2 is 2.00 bits per heavy atom. The number of carbonyl (C=O) groups is 2. The minimum atomic E-state index is -0.271. The van der Waals surface area contributed by atoms with Gasteiger partial charge in [0.2, 0.25) is 0 Å². The summed E-state index contributed by atoms with van der Waals surface area (Å²) in [6, 6.07) is 4.98. The predicted molar refractivity (Wildman–Crippen MR) is 99.1 cm³/mol. The number of urea groups is 1. The average Bonchev–Trinajstić information content (AvgIpc) is 3.10.